The number of benzene rings is 2. The lowest BCUT2D eigenvalue weighted by Crippen LogP contribution is -2.37. The highest BCUT2D eigenvalue weighted by atomic mass is 35.5. The number of aromatic nitrogens is 1. The molecule has 5 rings (SSSR count). The molecule has 0 aliphatic carbocycles. The van der Waals surface area contributed by atoms with Crippen LogP contribution >= 0.6 is 23.8 Å². The Balaban J connectivity index is 1.54. The van der Waals surface area contributed by atoms with E-state index in [9.17, 15) is 9.59 Å². The first-order valence-electron chi connectivity index (χ1n) is 12.4. The van der Waals surface area contributed by atoms with E-state index in [1.807, 2.05) is 27.8 Å². The number of carbonyl (C=O) groups excluding carboxylic acids is 2. The van der Waals surface area contributed by atoms with Gasteiger partial charge in [-0.15, -0.1) is 0 Å². The van der Waals surface area contributed by atoms with Gasteiger partial charge in [-0.25, -0.2) is 0 Å². The van der Waals surface area contributed by atoms with Crippen molar-refractivity contribution in [3.63, 3.8) is 0 Å². The van der Waals surface area contributed by atoms with Crippen LogP contribution in [0.4, 0.5) is 5.69 Å². The predicted octanol–water partition coefficient (Wildman–Crippen LogP) is 5.47. The van der Waals surface area contributed by atoms with Crippen LogP contribution in [0.2, 0.25) is 5.02 Å². The summed E-state index contributed by atoms with van der Waals surface area (Å²) in [6, 6.07) is 13.2. The van der Waals surface area contributed by atoms with Crippen molar-refractivity contribution in [2.24, 2.45) is 0 Å². The maximum atomic E-state index is 13.5. The number of likely N-dealkylation sites (tertiary alicyclic amines) is 1. The van der Waals surface area contributed by atoms with Gasteiger partial charge in [0.15, 0.2) is 5.11 Å². The van der Waals surface area contributed by atoms with Gasteiger partial charge in [0.05, 0.1) is 11.2 Å². The molecule has 0 N–H and O–H groups in total. The Bertz CT molecular complexity index is 1370. The first-order chi connectivity index (χ1) is 17.4. The van der Waals surface area contributed by atoms with Crippen molar-refractivity contribution in [2.45, 2.75) is 39.2 Å². The number of carbonyl (C=O) groups is 2. The highest BCUT2D eigenvalue weighted by Gasteiger charge is 2.37. The molecule has 2 aromatic carbocycles. The zero-order valence-electron chi connectivity index (χ0n) is 20.5. The van der Waals surface area contributed by atoms with E-state index in [2.05, 4.69) is 19.1 Å². The number of rotatable bonds is 5. The maximum Gasteiger partial charge on any atom is 0.281 e. The molecule has 3 aromatic rings. The van der Waals surface area contributed by atoms with E-state index in [1.165, 1.54) is 16.9 Å². The topological polar surface area (TPSA) is 48.8 Å². The standard InChI is InChI=1S/C28H29ClN4O2S/c1-3-19-8-7-9-23-20(17-32(26(19)23)18-25(34)31-14-5-4-6-15-31)16-24-27(35)33(28(36)30(24)2)22-12-10-21(29)11-13-22/h7-13,16-17H,3-6,14-15,18H2,1-2H3/b24-16-. The summed E-state index contributed by atoms with van der Waals surface area (Å²) in [6.07, 6.45) is 8.04. The SMILES string of the molecule is CCc1cccc2c(/C=C3/C(=O)N(c4ccc(Cl)cc4)C(=S)N3C)cn(CC(=O)N3CCCCC3)c12. The Morgan fingerprint density at radius 1 is 1.08 bits per heavy atom. The number of fused-ring (bicyclic) bond motifs is 1. The van der Waals surface area contributed by atoms with Crippen LogP contribution in [0, 0.1) is 0 Å². The molecule has 2 fully saturated rings. The number of aryl methyl sites for hydroxylation is 1. The normalized spacial score (nSPS) is 17.6. The molecule has 2 aliphatic rings. The molecule has 0 radical (unpaired) electrons. The van der Waals surface area contributed by atoms with E-state index in [-0.39, 0.29) is 18.4 Å². The Morgan fingerprint density at radius 3 is 2.50 bits per heavy atom. The Hall–Kier alpha value is -3.16. The van der Waals surface area contributed by atoms with Gasteiger partial charge in [-0.05, 0) is 73.8 Å². The van der Waals surface area contributed by atoms with Gasteiger partial charge in [-0.1, -0.05) is 36.7 Å². The van der Waals surface area contributed by atoms with Crippen LogP contribution in [0.3, 0.4) is 0 Å². The molecule has 8 heteroatoms. The largest absolute Gasteiger partial charge is 0.341 e. The third-order valence-corrected chi connectivity index (χ3v) is 7.76. The summed E-state index contributed by atoms with van der Waals surface area (Å²) < 4.78 is 2.05. The number of nitrogens with zero attached hydrogens (tertiary/aromatic N) is 4. The minimum Gasteiger partial charge on any atom is -0.341 e. The monoisotopic (exact) mass is 520 g/mol. The van der Waals surface area contributed by atoms with Crippen molar-refractivity contribution >= 4 is 63.4 Å². The number of anilines is 1. The third kappa shape index (κ3) is 4.42. The van der Waals surface area contributed by atoms with E-state index in [1.54, 1.807) is 36.2 Å². The van der Waals surface area contributed by atoms with E-state index in [0.717, 1.165) is 48.8 Å². The van der Waals surface area contributed by atoms with Gasteiger partial charge in [-0.2, -0.15) is 0 Å². The number of hydrogen-bond acceptors (Lipinski definition) is 3. The molecular formula is C28H29ClN4O2S. The van der Waals surface area contributed by atoms with Gasteiger partial charge in [0.25, 0.3) is 5.91 Å². The lowest BCUT2D eigenvalue weighted by Gasteiger charge is -2.27. The van der Waals surface area contributed by atoms with Gasteiger partial charge in [0.1, 0.15) is 12.2 Å². The van der Waals surface area contributed by atoms with Crippen molar-refractivity contribution in [1.82, 2.24) is 14.4 Å². The lowest BCUT2D eigenvalue weighted by molar-refractivity contribution is -0.132. The quantitative estimate of drug-likeness (QED) is 0.330. The van der Waals surface area contributed by atoms with Crippen LogP contribution in [0.5, 0.6) is 0 Å². The van der Waals surface area contributed by atoms with Crippen LogP contribution in [-0.2, 0) is 22.6 Å². The molecule has 3 heterocycles. The molecule has 2 saturated heterocycles. The smallest absolute Gasteiger partial charge is 0.281 e. The van der Waals surface area contributed by atoms with Crippen molar-refractivity contribution in [3.05, 3.63) is 70.5 Å². The number of amides is 2. The van der Waals surface area contributed by atoms with Crippen molar-refractivity contribution in [1.29, 1.82) is 0 Å². The van der Waals surface area contributed by atoms with Gasteiger partial charge < -0.3 is 14.4 Å². The number of halogens is 1. The molecule has 6 nitrogen and oxygen atoms in total. The molecular weight excluding hydrogens is 492 g/mol. The molecule has 1 aromatic heterocycles. The summed E-state index contributed by atoms with van der Waals surface area (Å²) in [5, 5.41) is 2.02. The van der Waals surface area contributed by atoms with Gasteiger partial charge >= 0.3 is 0 Å². The van der Waals surface area contributed by atoms with Crippen molar-refractivity contribution in [2.75, 3.05) is 25.0 Å². The van der Waals surface area contributed by atoms with Gasteiger partial charge in [0, 0.05) is 42.3 Å². The molecule has 0 bridgehead atoms. The average Bonchev–Trinajstić information content (AvgIpc) is 3.34. The molecule has 2 aliphatic heterocycles. The van der Waals surface area contributed by atoms with Crippen molar-refractivity contribution < 1.29 is 9.59 Å². The fourth-order valence-corrected chi connectivity index (χ4v) is 5.51. The van der Waals surface area contributed by atoms with E-state index >= 15 is 0 Å². The Kier molecular flexibility index (Phi) is 6.86. The number of piperidine rings is 1. The zero-order chi connectivity index (χ0) is 25.4. The van der Waals surface area contributed by atoms with Crippen LogP contribution < -0.4 is 4.90 Å². The number of para-hydroxylation sites is 1. The van der Waals surface area contributed by atoms with E-state index in [4.69, 9.17) is 23.8 Å². The molecule has 2 amide bonds. The maximum absolute atomic E-state index is 13.5. The summed E-state index contributed by atoms with van der Waals surface area (Å²) in [6.45, 7) is 4.06. The number of likely N-dealkylation sites (N-methyl/N-ethyl adjacent to an activating group) is 1. The highest BCUT2D eigenvalue weighted by Crippen LogP contribution is 2.32. The Morgan fingerprint density at radius 2 is 1.81 bits per heavy atom. The van der Waals surface area contributed by atoms with Crippen LogP contribution in [0.25, 0.3) is 17.0 Å². The summed E-state index contributed by atoms with van der Waals surface area (Å²) in [5.41, 5.74) is 4.27. The zero-order valence-corrected chi connectivity index (χ0v) is 22.1. The summed E-state index contributed by atoms with van der Waals surface area (Å²) in [7, 11) is 1.80. The molecule has 0 spiro atoms. The highest BCUT2D eigenvalue weighted by molar-refractivity contribution is 7.80. The molecule has 0 unspecified atom stereocenters. The van der Waals surface area contributed by atoms with Gasteiger partial charge in [-0.3, -0.25) is 14.5 Å². The fraction of sp³-hybridized carbons (Fsp3) is 0.321. The summed E-state index contributed by atoms with van der Waals surface area (Å²) in [5.74, 6) is -0.0531. The average molecular weight is 521 g/mol. The predicted molar refractivity (Wildman–Crippen MR) is 149 cm³/mol. The van der Waals surface area contributed by atoms with E-state index < -0.39 is 0 Å². The first-order valence-corrected chi connectivity index (χ1v) is 13.2. The Labute approximate surface area is 221 Å². The molecule has 0 saturated carbocycles. The minimum absolute atomic E-state index is 0.140. The van der Waals surface area contributed by atoms with E-state index in [0.29, 0.717) is 21.5 Å². The summed E-state index contributed by atoms with van der Waals surface area (Å²) >= 11 is 11.7. The van der Waals surface area contributed by atoms with Gasteiger partial charge in [0.2, 0.25) is 5.91 Å². The third-order valence-electron chi connectivity index (χ3n) is 7.05. The van der Waals surface area contributed by atoms with Crippen molar-refractivity contribution in [3.8, 4) is 0 Å². The first kappa shape index (κ1) is 24.5. The second kappa shape index (κ2) is 10.1. The van der Waals surface area contributed by atoms with Crippen LogP contribution in [-0.4, -0.2) is 51.4 Å². The van der Waals surface area contributed by atoms with Crippen LogP contribution in [0.15, 0.2) is 54.4 Å². The lowest BCUT2D eigenvalue weighted by atomic mass is 10.1. The second-order valence-corrected chi connectivity index (χ2v) is 10.1. The molecule has 36 heavy (non-hydrogen) atoms. The summed E-state index contributed by atoms with van der Waals surface area (Å²) in [4.78, 5) is 31.9. The van der Waals surface area contributed by atoms with Crippen LogP contribution in [0.1, 0.15) is 37.3 Å². The number of thiocarbonyl (C=S) groups is 1. The molecule has 0 atom stereocenters. The molecule has 186 valence electrons. The minimum atomic E-state index is -0.193. The number of hydrogen-bond donors (Lipinski definition) is 0. The fourth-order valence-electron chi connectivity index (χ4n) is 5.10. The second-order valence-electron chi connectivity index (χ2n) is 9.31.